The highest BCUT2D eigenvalue weighted by Crippen LogP contribution is 2.23. The molecule has 1 aliphatic heterocycles. The van der Waals surface area contributed by atoms with Crippen LogP contribution in [-0.2, 0) is 6.42 Å². The number of piperazine rings is 1. The Labute approximate surface area is 159 Å². The summed E-state index contributed by atoms with van der Waals surface area (Å²) in [6.07, 6.45) is 1.91. The van der Waals surface area contributed by atoms with Gasteiger partial charge in [0.05, 0.1) is 6.61 Å². The summed E-state index contributed by atoms with van der Waals surface area (Å²) in [5.41, 5.74) is 4.92. The highest BCUT2D eigenvalue weighted by molar-refractivity contribution is 5.77. The van der Waals surface area contributed by atoms with Gasteiger partial charge >= 0.3 is 0 Å². The predicted octanol–water partition coefficient (Wildman–Crippen LogP) is 0.428. The average molecular weight is 365 g/mol. The van der Waals surface area contributed by atoms with Crippen LogP contribution in [0.1, 0.15) is 24.5 Å². The third-order valence-corrected chi connectivity index (χ3v) is 5.60. The molecule has 4 rings (SSSR count). The summed E-state index contributed by atoms with van der Waals surface area (Å²) in [5, 5.41) is 19.1. The van der Waals surface area contributed by atoms with E-state index in [0.29, 0.717) is 0 Å². The number of quaternary nitrogens is 1. The van der Waals surface area contributed by atoms with Gasteiger partial charge < -0.3 is 10.0 Å². The number of aromatic amines is 1. The lowest BCUT2D eigenvalue weighted by molar-refractivity contribution is -0.901. The van der Waals surface area contributed by atoms with Crippen molar-refractivity contribution < 1.29 is 14.4 Å². The Kier molecular flexibility index (Phi) is 4.97. The van der Waals surface area contributed by atoms with Crippen molar-refractivity contribution in [2.24, 2.45) is 0 Å². The number of hydrogen-bond donors (Lipinski definition) is 3. The number of aliphatic hydroxyl groups excluding tert-OH is 1. The zero-order valence-corrected chi connectivity index (χ0v) is 15.8. The second-order valence-corrected chi connectivity index (χ2v) is 7.30. The molecule has 0 bridgehead atoms. The molecular formula is C21H27N5O+2. The number of aryl methyl sites for hydroxylation is 1. The zero-order chi connectivity index (χ0) is 18.8. The summed E-state index contributed by atoms with van der Waals surface area (Å²) < 4.78 is 2.21. The highest BCUT2D eigenvalue weighted by Gasteiger charge is 2.29. The molecule has 3 heterocycles. The van der Waals surface area contributed by atoms with E-state index in [-0.39, 0.29) is 6.61 Å². The lowest BCUT2D eigenvalue weighted by Gasteiger charge is -2.30. The Hall–Kier alpha value is -2.62. The summed E-state index contributed by atoms with van der Waals surface area (Å²) in [4.78, 5) is 7.36. The minimum absolute atomic E-state index is 0.244. The molecule has 1 aromatic carbocycles. The molecule has 0 unspecified atom stereocenters. The minimum atomic E-state index is 0.244. The molecule has 6 heteroatoms. The van der Waals surface area contributed by atoms with Crippen molar-refractivity contribution in [1.29, 1.82) is 5.26 Å². The number of nitrogens with zero attached hydrogens (tertiary/aromatic N) is 3. The molecule has 0 saturated carbocycles. The van der Waals surface area contributed by atoms with Crippen molar-refractivity contribution in [1.82, 2.24) is 4.98 Å². The second kappa shape index (κ2) is 7.55. The molecule has 0 radical (unpaired) electrons. The van der Waals surface area contributed by atoms with Crippen molar-refractivity contribution in [3.05, 3.63) is 41.5 Å². The number of aromatic nitrogens is 2. The predicted molar refractivity (Wildman–Crippen MR) is 105 cm³/mol. The standard InChI is InChI=1S/C21H25N5O/c1-2-5-16-14-20(25-10-8-24(9-11-25)12-13-27)26-19-7-4-3-6-18(19)23-21(26)17(16)15-22/h3-4,6-7,14,27H,2,5,8-13H2,1H3/p+2. The van der Waals surface area contributed by atoms with E-state index in [1.807, 2.05) is 12.1 Å². The molecule has 2 aromatic heterocycles. The molecule has 0 atom stereocenters. The Morgan fingerprint density at radius 2 is 2.07 bits per heavy atom. The first-order valence-corrected chi connectivity index (χ1v) is 9.84. The van der Waals surface area contributed by atoms with E-state index in [0.717, 1.165) is 79.2 Å². The Bertz CT molecular complexity index is 995. The van der Waals surface area contributed by atoms with Crippen LogP contribution in [0.15, 0.2) is 30.3 Å². The summed E-state index contributed by atoms with van der Waals surface area (Å²) in [5.74, 6) is 1.16. The third kappa shape index (κ3) is 3.14. The van der Waals surface area contributed by atoms with Gasteiger partial charge in [0.25, 0.3) is 0 Å². The third-order valence-electron chi connectivity index (χ3n) is 5.60. The van der Waals surface area contributed by atoms with E-state index in [2.05, 4.69) is 45.5 Å². The largest absolute Gasteiger partial charge is 0.391 e. The van der Waals surface area contributed by atoms with Crippen molar-refractivity contribution in [3.8, 4) is 6.07 Å². The minimum Gasteiger partial charge on any atom is -0.391 e. The van der Waals surface area contributed by atoms with Crippen LogP contribution in [0.25, 0.3) is 16.7 Å². The number of benzene rings is 1. The Morgan fingerprint density at radius 1 is 1.30 bits per heavy atom. The molecule has 1 aliphatic rings. The summed E-state index contributed by atoms with van der Waals surface area (Å²) in [7, 11) is 0. The SMILES string of the molecule is CCCc1cc(N2CC[NH+](CCO)CC2)[n+]2c([nH]c3ccccc32)c1C#N. The molecule has 1 fully saturated rings. The summed E-state index contributed by atoms with van der Waals surface area (Å²) >= 11 is 0. The molecule has 27 heavy (non-hydrogen) atoms. The van der Waals surface area contributed by atoms with E-state index in [1.165, 1.54) is 4.90 Å². The Morgan fingerprint density at radius 3 is 2.78 bits per heavy atom. The highest BCUT2D eigenvalue weighted by atomic mass is 16.3. The van der Waals surface area contributed by atoms with Crippen LogP contribution in [0.5, 0.6) is 0 Å². The molecule has 6 nitrogen and oxygen atoms in total. The summed E-state index contributed by atoms with van der Waals surface area (Å²) in [6, 6.07) is 12.9. The number of nitriles is 1. The fourth-order valence-corrected chi connectivity index (χ4v) is 4.22. The molecule has 0 spiro atoms. The van der Waals surface area contributed by atoms with Gasteiger partial charge in [-0.15, -0.1) is 0 Å². The maximum atomic E-state index is 9.84. The fourth-order valence-electron chi connectivity index (χ4n) is 4.22. The van der Waals surface area contributed by atoms with Gasteiger partial charge in [0.1, 0.15) is 55.4 Å². The van der Waals surface area contributed by atoms with Crippen LogP contribution in [0.3, 0.4) is 0 Å². The van der Waals surface area contributed by atoms with Gasteiger partial charge in [-0.25, -0.2) is 0 Å². The first-order valence-electron chi connectivity index (χ1n) is 9.84. The molecule has 1 saturated heterocycles. The fraction of sp³-hybridized carbons (Fsp3) is 0.429. The van der Waals surface area contributed by atoms with Gasteiger partial charge in [0.15, 0.2) is 0 Å². The molecule has 3 N–H and O–H groups in total. The van der Waals surface area contributed by atoms with Crippen LogP contribution < -0.4 is 14.2 Å². The van der Waals surface area contributed by atoms with Crippen LogP contribution in [0.4, 0.5) is 5.82 Å². The van der Waals surface area contributed by atoms with Crippen molar-refractivity contribution in [3.63, 3.8) is 0 Å². The lowest BCUT2D eigenvalue weighted by atomic mass is 10.1. The van der Waals surface area contributed by atoms with Crippen molar-refractivity contribution in [2.75, 3.05) is 44.2 Å². The first-order chi connectivity index (χ1) is 13.3. The smallest absolute Gasteiger partial charge is 0.250 e. The average Bonchev–Trinajstić information content (AvgIpc) is 3.08. The number of pyridine rings is 1. The van der Waals surface area contributed by atoms with Gasteiger partial charge in [-0.05, 0) is 24.1 Å². The number of aliphatic hydroxyl groups is 1. The topological polar surface area (TPSA) is 71.6 Å². The monoisotopic (exact) mass is 365 g/mol. The van der Waals surface area contributed by atoms with Gasteiger partial charge in [-0.1, -0.05) is 25.5 Å². The van der Waals surface area contributed by atoms with E-state index in [4.69, 9.17) is 0 Å². The maximum Gasteiger partial charge on any atom is 0.250 e. The van der Waals surface area contributed by atoms with E-state index in [1.54, 1.807) is 0 Å². The number of hydrogen-bond acceptors (Lipinski definition) is 3. The van der Waals surface area contributed by atoms with Crippen LogP contribution >= 0.6 is 0 Å². The quantitative estimate of drug-likeness (QED) is 0.574. The molecule has 0 aliphatic carbocycles. The number of anilines is 1. The number of fused-ring (bicyclic) bond motifs is 3. The van der Waals surface area contributed by atoms with Crippen molar-refractivity contribution >= 4 is 22.5 Å². The number of imidazole rings is 1. The molecular weight excluding hydrogens is 338 g/mol. The van der Waals surface area contributed by atoms with Crippen molar-refractivity contribution in [2.45, 2.75) is 19.8 Å². The van der Waals surface area contributed by atoms with Gasteiger partial charge in [-0.3, -0.25) is 9.88 Å². The van der Waals surface area contributed by atoms with E-state index >= 15 is 0 Å². The number of nitrogens with one attached hydrogen (secondary N) is 2. The second-order valence-electron chi connectivity index (χ2n) is 7.30. The van der Waals surface area contributed by atoms with Gasteiger partial charge in [0.2, 0.25) is 11.5 Å². The maximum absolute atomic E-state index is 9.84. The lowest BCUT2D eigenvalue weighted by Crippen LogP contribution is -3.15. The van der Waals surface area contributed by atoms with Crippen LogP contribution in [0.2, 0.25) is 0 Å². The number of H-pyrrole nitrogens is 1. The molecule has 140 valence electrons. The first kappa shape index (κ1) is 17.8. The summed E-state index contributed by atoms with van der Waals surface area (Å²) in [6.45, 7) is 7.16. The van der Waals surface area contributed by atoms with Crippen LogP contribution in [0, 0.1) is 11.3 Å². The number of para-hydroxylation sites is 2. The molecule has 0 amide bonds. The molecule has 3 aromatic rings. The number of rotatable bonds is 5. The Balaban J connectivity index is 1.87. The van der Waals surface area contributed by atoms with Gasteiger partial charge in [0, 0.05) is 6.07 Å². The zero-order valence-electron chi connectivity index (χ0n) is 15.8. The van der Waals surface area contributed by atoms with Gasteiger partial charge in [-0.2, -0.15) is 9.66 Å². The van der Waals surface area contributed by atoms with Crippen LogP contribution in [-0.4, -0.2) is 49.4 Å². The van der Waals surface area contributed by atoms with E-state index in [9.17, 15) is 10.4 Å². The van der Waals surface area contributed by atoms with E-state index < -0.39 is 0 Å². The normalized spacial score (nSPS) is 15.5.